The molecule has 1 aromatic rings. The zero-order valence-corrected chi connectivity index (χ0v) is 18.1. The standard InChI is InChI=1S/C25H25FN6/c1-16(2)29-21-14-24-22(13-20(21)31-25-15-27-11-12-28-25)30-19-5-3-4-6-23(19)32(24)18-9-7-17(26)8-10-18/h3-7,9-14,16-17,25,31H,8,15H2,1-2H3. The second-order valence-corrected chi connectivity index (χ2v) is 8.23. The molecule has 0 amide bonds. The maximum absolute atomic E-state index is 13.8. The Morgan fingerprint density at radius 2 is 2.06 bits per heavy atom. The summed E-state index contributed by atoms with van der Waals surface area (Å²) >= 11 is 0. The van der Waals surface area contributed by atoms with Gasteiger partial charge in [-0.15, -0.1) is 0 Å². The van der Waals surface area contributed by atoms with Crippen LogP contribution in [-0.2, 0) is 0 Å². The van der Waals surface area contributed by atoms with Crippen LogP contribution in [0.25, 0.3) is 28.1 Å². The summed E-state index contributed by atoms with van der Waals surface area (Å²) in [5.41, 5.74) is 5.40. The van der Waals surface area contributed by atoms with Crippen molar-refractivity contribution in [1.29, 1.82) is 0 Å². The molecule has 0 saturated carbocycles. The van der Waals surface area contributed by atoms with Gasteiger partial charge in [0.1, 0.15) is 12.3 Å². The number of aromatic nitrogens is 2. The van der Waals surface area contributed by atoms with Crippen LogP contribution in [0.15, 0.2) is 69.6 Å². The summed E-state index contributed by atoms with van der Waals surface area (Å²) in [5, 5.41) is 4.31. The van der Waals surface area contributed by atoms with Gasteiger partial charge in [0.05, 0.1) is 40.0 Å². The number of aliphatic imine (C=N–C) groups is 2. The van der Waals surface area contributed by atoms with Crippen molar-refractivity contribution in [3.05, 3.63) is 60.0 Å². The smallest absolute Gasteiger partial charge is 0.138 e. The largest absolute Gasteiger partial charge is 0.360 e. The van der Waals surface area contributed by atoms with Crippen LogP contribution >= 0.6 is 0 Å². The van der Waals surface area contributed by atoms with E-state index in [0.29, 0.717) is 13.0 Å². The zero-order valence-electron chi connectivity index (χ0n) is 18.1. The number of halogens is 1. The molecule has 5 rings (SSSR count). The van der Waals surface area contributed by atoms with Gasteiger partial charge in [0.15, 0.2) is 0 Å². The predicted octanol–water partition coefficient (Wildman–Crippen LogP) is 4.48. The van der Waals surface area contributed by atoms with Gasteiger partial charge in [-0.05, 0) is 50.3 Å². The van der Waals surface area contributed by atoms with Gasteiger partial charge in [0.2, 0.25) is 0 Å². The first kappa shape index (κ1) is 20.3. The molecule has 2 heterocycles. The molecule has 2 unspecified atom stereocenters. The van der Waals surface area contributed by atoms with Crippen LogP contribution in [0, 0.1) is 0 Å². The lowest BCUT2D eigenvalue weighted by Gasteiger charge is -2.23. The zero-order chi connectivity index (χ0) is 22.1. The number of para-hydroxylation sites is 2. The van der Waals surface area contributed by atoms with Crippen molar-refractivity contribution < 1.29 is 4.39 Å². The summed E-state index contributed by atoms with van der Waals surface area (Å²) in [6.07, 6.45) is 8.09. The van der Waals surface area contributed by atoms with E-state index in [-0.39, 0.29) is 12.2 Å². The normalized spacial score (nSPS) is 21.0. The molecule has 4 aliphatic rings. The Labute approximate surface area is 186 Å². The van der Waals surface area contributed by atoms with E-state index in [1.54, 1.807) is 18.5 Å². The minimum absolute atomic E-state index is 0.115. The minimum Gasteiger partial charge on any atom is -0.360 e. The number of hydrogen-bond acceptors (Lipinski definition) is 5. The Morgan fingerprint density at radius 1 is 1.19 bits per heavy atom. The van der Waals surface area contributed by atoms with E-state index in [1.165, 1.54) is 0 Å². The molecule has 0 radical (unpaired) electrons. The fraction of sp³-hybridized carbons (Fsp3) is 0.280. The van der Waals surface area contributed by atoms with E-state index in [9.17, 15) is 4.39 Å². The lowest BCUT2D eigenvalue weighted by Crippen LogP contribution is -2.27. The summed E-state index contributed by atoms with van der Waals surface area (Å²) in [6, 6.07) is 12.2. The molecule has 0 spiro atoms. The predicted molar refractivity (Wildman–Crippen MR) is 129 cm³/mol. The first-order valence-electron chi connectivity index (χ1n) is 10.9. The maximum Gasteiger partial charge on any atom is 0.138 e. The number of alkyl halides is 1. The van der Waals surface area contributed by atoms with Gasteiger partial charge >= 0.3 is 0 Å². The average molecular weight is 429 g/mol. The van der Waals surface area contributed by atoms with Crippen LogP contribution in [-0.4, -0.2) is 46.9 Å². The highest BCUT2D eigenvalue weighted by molar-refractivity contribution is 6.16. The van der Waals surface area contributed by atoms with Gasteiger partial charge in [-0.25, -0.2) is 9.37 Å². The fourth-order valence-corrected chi connectivity index (χ4v) is 4.03. The Balaban J connectivity index is 1.75. The molecule has 1 aromatic carbocycles. The Kier molecular flexibility index (Phi) is 5.39. The second kappa shape index (κ2) is 8.49. The third kappa shape index (κ3) is 3.98. The van der Waals surface area contributed by atoms with E-state index < -0.39 is 6.17 Å². The number of rotatable bonds is 4. The van der Waals surface area contributed by atoms with Crippen LogP contribution in [0.5, 0.6) is 0 Å². The van der Waals surface area contributed by atoms with Crippen molar-refractivity contribution in [3.63, 3.8) is 0 Å². The second-order valence-electron chi connectivity index (χ2n) is 8.23. The van der Waals surface area contributed by atoms with Crippen LogP contribution in [0.2, 0.25) is 0 Å². The summed E-state index contributed by atoms with van der Waals surface area (Å²) in [4.78, 5) is 18.6. The van der Waals surface area contributed by atoms with Gasteiger partial charge in [0, 0.05) is 30.6 Å². The molecule has 0 aromatic heterocycles. The molecular formula is C25H25FN6. The third-order valence-electron chi connectivity index (χ3n) is 5.42. The summed E-state index contributed by atoms with van der Waals surface area (Å²) in [5.74, 6) is 0. The third-order valence-corrected chi connectivity index (χ3v) is 5.42. The van der Waals surface area contributed by atoms with E-state index >= 15 is 0 Å². The summed E-state index contributed by atoms with van der Waals surface area (Å²) in [7, 11) is 0. The van der Waals surface area contributed by atoms with Crippen molar-refractivity contribution in [2.24, 2.45) is 15.0 Å². The number of nitrogens with zero attached hydrogens (tertiary/aromatic N) is 5. The number of hydrogen-bond donors (Lipinski definition) is 1. The Bertz CT molecular complexity index is 1310. The average Bonchev–Trinajstić information content (AvgIpc) is 2.79. The van der Waals surface area contributed by atoms with Crippen molar-refractivity contribution in [2.75, 3.05) is 11.9 Å². The first-order valence-corrected chi connectivity index (χ1v) is 10.9. The molecule has 0 bridgehead atoms. The molecule has 6 nitrogen and oxygen atoms in total. The SMILES string of the molecule is CC(C)N=c1cc2n(C3=CCC(F)C=C3)c3ccccc3nc-2cc1NC1CN=CC=N1. The molecule has 2 atom stereocenters. The van der Waals surface area contributed by atoms with Crippen LogP contribution in [0.3, 0.4) is 0 Å². The molecule has 7 heteroatoms. The Morgan fingerprint density at radius 3 is 2.81 bits per heavy atom. The minimum atomic E-state index is -0.945. The molecule has 2 aliphatic heterocycles. The van der Waals surface area contributed by atoms with Gasteiger partial charge in [0.25, 0.3) is 0 Å². The molecule has 162 valence electrons. The summed E-state index contributed by atoms with van der Waals surface area (Å²) in [6.45, 7) is 4.68. The number of fused-ring (bicyclic) bond motifs is 2. The maximum atomic E-state index is 13.8. The van der Waals surface area contributed by atoms with E-state index in [4.69, 9.17) is 9.98 Å². The van der Waals surface area contributed by atoms with Crippen molar-refractivity contribution in [2.45, 2.75) is 38.6 Å². The van der Waals surface area contributed by atoms with Gasteiger partial charge in [-0.1, -0.05) is 18.2 Å². The van der Waals surface area contributed by atoms with Crippen LogP contribution < -0.4 is 10.7 Å². The first-order chi connectivity index (χ1) is 15.6. The topological polar surface area (TPSA) is 66.9 Å². The quantitative estimate of drug-likeness (QED) is 0.623. The highest BCUT2D eigenvalue weighted by atomic mass is 19.1. The Hall–Kier alpha value is -3.61. The molecule has 1 N–H and O–H groups in total. The number of allylic oxidation sites excluding steroid dienone is 4. The van der Waals surface area contributed by atoms with Gasteiger partial charge < -0.3 is 9.88 Å². The number of nitrogens with one attached hydrogen (secondary N) is 1. The number of benzene rings is 2. The van der Waals surface area contributed by atoms with Crippen molar-refractivity contribution in [1.82, 2.24) is 9.55 Å². The lowest BCUT2D eigenvalue weighted by atomic mass is 10.1. The van der Waals surface area contributed by atoms with Gasteiger partial charge in [-0.3, -0.25) is 15.0 Å². The van der Waals surface area contributed by atoms with Gasteiger partial charge in [-0.2, -0.15) is 0 Å². The molecule has 0 fully saturated rings. The van der Waals surface area contributed by atoms with Crippen LogP contribution in [0.4, 0.5) is 10.1 Å². The molecule has 0 saturated heterocycles. The monoisotopic (exact) mass is 428 g/mol. The molecule has 2 aliphatic carbocycles. The fourth-order valence-electron chi connectivity index (χ4n) is 4.03. The lowest BCUT2D eigenvalue weighted by molar-refractivity contribution is 0.402. The van der Waals surface area contributed by atoms with E-state index in [0.717, 1.165) is 39.2 Å². The van der Waals surface area contributed by atoms with Crippen molar-refractivity contribution in [3.8, 4) is 11.4 Å². The highest BCUT2D eigenvalue weighted by Gasteiger charge is 2.19. The van der Waals surface area contributed by atoms with E-state index in [2.05, 4.69) is 39.8 Å². The van der Waals surface area contributed by atoms with E-state index in [1.807, 2.05) is 42.5 Å². The highest BCUT2D eigenvalue weighted by Crippen LogP contribution is 2.31. The van der Waals surface area contributed by atoms with Crippen LogP contribution in [0.1, 0.15) is 20.3 Å². The summed E-state index contributed by atoms with van der Waals surface area (Å²) < 4.78 is 15.9. The van der Waals surface area contributed by atoms with Crippen molar-refractivity contribution >= 4 is 34.8 Å². The molecular weight excluding hydrogens is 403 g/mol. The number of anilines is 1. The molecule has 32 heavy (non-hydrogen) atoms.